The largest absolute Gasteiger partial charge is 0.383 e. The van der Waals surface area contributed by atoms with Gasteiger partial charge in [0.2, 0.25) is 11.8 Å². The smallest absolute Gasteiger partial charge is 0.246 e. The highest BCUT2D eigenvalue weighted by Gasteiger charge is 2.48. The lowest BCUT2D eigenvalue weighted by atomic mass is 9.93. The average molecular weight is 268 g/mol. The van der Waals surface area contributed by atoms with Crippen LogP contribution in [0.1, 0.15) is 33.1 Å². The van der Waals surface area contributed by atoms with Gasteiger partial charge in [-0.3, -0.25) is 9.59 Å². The number of nitrogens with zero attached hydrogens (tertiary/aromatic N) is 1. The lowest BCUT2D eigenvalue weighted by Crippen LogP contribution is -2.66. The predicted octanol–water partition coefficient (Wildman–Crippen LogP) is 0.785. The third kappa shape index (κ3) is 2.91. The standard InChI is InChI=1S/C14H24N2O3/c1-4-9(2)11-14(18)16(7-8-19-3)12(10-5-6-10)13(17)15-11/h9-12H,4-8H2,1-3H3,(H,15,17). The summed E-state index contributed by atoms with van der Waals surface area (Å²) >= 11 is 0. The molecule has 1 saturated carbocycles. The molecular weight excluding hydrogens is 244 g/mol. The number of piperazine rings is 1. The normalized spacial score (nSPS) is 29.3. The topological polar surface area (TPSA) is 58.6 Å². The molecule has 1 heterocycles. The second-order valence-electron chi connectivity index (χ2n) is 5.68. The zero-order valence-corrected chi connectivity index (χ0v) is 12.0. The van der Waals surface area contributed by atoms with Crippen LogP contribution in [-0.4, -0.2) is 49.1 Å². The lowest BCUT2D eigenvalue weighted by molar-refractivity contribution is -0.152. The Labute approximate surface area is 114 Å². The monoisotopic (exact) mass is 268 g/mol. The fraction of sp³-hybridized carbons (Fsp3) is 0.857. The summed E-state index contributed by atoms with van der Waals surface area (Å²) in [5.74, 6) is 0.590. The van der Waals surface area contributed by atoms with E-state index in [1.165, 1.54) is 0 Å². The molecule has 3 atom stereocenters. The van der Waals surface area contributed by atoms with E-state index in [1.807, 2.05) is 13.8 Å². The van der Waals surface area contributed by atoms with E-state index < -0.39 is 0 Å². The summed E-state index contributed by atoms with van der Waals surface area (Å²) < 4.78 is 5.07. The molecule has 5 nitrogen and oxygen atoms in total. The van der Waals surface area contributed by atoms with Crippen LogP contribution in [0.3, 0.4) is 0 Å². The van der Waals surface area contributed by atoms with Crippen molar-refractivity contribution in [3.63, 3.8) is 0 Å². The minimum atomic E-state index is -0.371. The molecule has 1 saturated heterocycles. The van der Waals surface area contributed by atoms with Gasteiger partial charge in [0.25, 0.3) is 0 Å². The Morgan fingerprint density at radius 2 is 2.11 bits per heavy atom. The van der Waals surface area contributed by atoms with Crippen molar-refractivity contribution in [2.45, 2.75) is 45.2 Å². The fourth-order valence-electron chi connectivity index (χ4n) is 2.70. The summed E-state index contributed by atoms with van der Waals surface area (Å²) in [6, 6.07) is -0.646. The molecule has 2 rings (SSSR count). The zero-order chi connectivity index (χ0) is 14.0. The first-order chi connectivity index (χ1) is 9.10. The number of methoxy groups -OCH3 is 1. The maximum Gasteiger partial charge on any atom is 0.246 e. The van der Waals surface area contributed by atoms with Crippen molar-refractivity contribution in [1.82, 2.24) is 10.2 Å². The van der Waals surface area contributed by atoms with E-state index in [4.69, 9.17) is 4.74 Å². The van der Waals surface area contributed by atoms with Crippen LogP contribution in [0.4, 0.5) is 0 Å². The van der Waals surface area contributed by atoms with Gasteiger partial charge in [0.1, 0.15) is 12.1 Å². The first-order valence-corrected chi connectivity index (χ1v) is 7.20. The van der Waals surface area contributed by atoms with Gasteiger partial charge in [-0.05, 0) is 24.7 Å². The molecule has 5 heteroatoms. The van der Waals surface area contributed by atoms with E-state index in [0.717, 1.165) is 19.3 Å². The van der Waals surface area contributed by atoms with Crippen molar-refractivity contribution in [2.75, 3.05) is 20.3 Å². The van der Waals surface area contributed by atoms with Gasteiger partial charge in [-0.15, -0.1) is 0 Å². The van der Waals surface area contributed by atoms with Gasteiger partial charge in [-0.2, -0.15) is 0 Å². The Balaban J connectivity index is 2.15. The summed E-state index contributed by atoms with van der Waals surface area (Å²) in [7, 11) is 1.62. The Bertz CT molecular complexity index is 355. The van der Waals surface area contributed by atoms with E-state index in [-0.39, 0.29) is 29.8 Å². The summed E-state index contributed by atoms with van der Waals surface area (Å²) in [6.07, 6.45) is 2.97. The molecule has 0 radical (unpaired) electrons. The molecule has 0 aromatic rings. The van der Waals surface area contributed by atoms with Gasteiger partial charge in [0.05, 0.1) is 6.61 Å². The van der Waals surface area contributed by atoms with Crippen molar-refractivity contribution in [1.29, 1.82) is 0 Å². The number of carbonyl (C=O) groups is 2. The molecule has 108 valence electrons. The van der Waals surface area contributed by atoms with Crippen LogP contribution in [0, 0.1) is 11.8 Å². The summed E-state index contributed by atoms with van der Waals surface area (Å²) in [6.45, 7) is 5.04. The maximum absolute atomic E-state index is 12.6. The average Bonchev–Trinajstić information content (AvgIpc) is 3.22. The number of hydrogen-bond donors (Lipinski definition) is 1. The predicted molar refractivity (Wildman–Crippen MR) is 71.5 cm³/mol. The molecule has 2 aliphatic rings. The first-order valence-electron chi connectivity index (χ1n) is 7.20. The number of amides is 2. The fourth-order valence-corrected chi connectivity index (χ4v) is 2.70. The SMILES string of the molecule is CCC(C)C1NC(=O)C(C2CC2)N(CCOC)C1=O. The number of nitrogens with one attached hydrogen (secondary N) is 1. The van der Waals surface area contributed by atoms with Crippen LogP contribution in [0.15, 0.2) is 0 Å². The van der Waals surface area contributed by atoms with Gasteiger partial charge in [-0.25, -0.2) is 0 Å². The number of carbonyl (C=O) groups excluding carboxylic acids is 2. The zero-order valence-electron chi connectivity index (χ0n) is 12.0. The van der Waals surface area contributed by atoms with Crippen LogP contribution in [0.2, 0.25) is 0 Å². The third-order valence-corrected chi connectivity index (χ3v) is 4.27. The second-order valence-corrected chi connectivity index (χ2v) is 5.68. The number of ether oxygens (including phenoxy) is 1. The molecule has 0 aromatic carbocycles. The number of hydrogen-bond acceptors (Lipinski definition) is 3. The highest BCUT2D eigenvalue weighted by molar-refractivity contribution is 5.97. The summed E-state index contributed by atoms with van der Waals surface area (Å²) in [5.41, 5.74) is 0. The van der Waals surface area contributed by atoms with Gasteiger partial charge < -0.3 is 15.0 Å². The lowest BCUT2D eigenvalue weighted by Gasteiger charge is -2.41. The van der Waals surface area contributed by atoms with Crippen molar-refractivity contribution in [3.8, 4) is 0 Å². The Hall–Kier alpha value is -1.10. The molecule has 0 bridgehead atoms. The third-order valence-electron chi connectivity index (χ3n) is 4.27. The number of rotatable bonds is 6. The van der Waals surface area contributed by atoms with Gasteiger partial charge >= 0.3 is 0 Å². The maximum atomic E-state index is 12.6. The van der Waals surface area contributed by atoms with Crippen LogP contribution in [-0.2, 0) is 14.3 Å². The molecule has 1 aliphatic heterocycles. The van der Waals surface area contributed by atoms with Crippen molar-refractivity contribution >= 4 is 11.8 Å². The molecule has 2 amide bonds. The van der Waals surface area contributed by atoms with Crippen LogP contribution in [0.25, 0.3) is 0 Å². The molecule has 1 N–H and O–H groups in total. The molecule has 0 spiro atoms. The summed E-state index contributed by atoms with van der Waals surface area (Å²) in [5, 5.41) is 2.92. The summed E-state index contributed by atoms with van der Waals surface area (Å²) in [4.78, 5) is 26.6. The Morgan fingerprint density at radius 3 is 2.63 bits per heavy atom. The van der Waals surface area contributed by atoms with Crippen molar-refractivity contribution in [3.05, 3.63) is 0 Å². The van der Waals surface area contributed by atoms with Crippen molar-refractivity contribution in [2.24, 2.45) is 11.8 Å². The quantitative estimate of drug-likeness (QED) is 0.774. The van der Waals surface area contributed by atoms with E-state index >= 15 is 0 Å². The molecule has 2 fully saturated rings. The van der Waals surface area contributed by atoms with E-state index in [9.17, 15) is 9.59 Å². The van der Waals surface area contributed by atoms with E-state index in [2.05, 4.69) is 5.32 Å². The second kappa shape index (κ2) is 5.90. The highest BCUT2D eigenvalue weighted by atomic mass is 16.5. The van der Waals surface area contributed by atoms with E-state index in [1.54, 1.807) is 12.0 Å². The molecule has 19 heavy (non-hydrogen) atoms. The molecule has 3 unspecified atom stereocenters. The molecule has 0 aromatic heterocycles. The molecular formula is C14H24N2O3. The van der Waals surface area contributed by atoms with Gasteiger partial charge in [0, 0.05) is 13.7 Å². The highest BCUT2D eigenvalue weighted by Crippen LogP contribution is 2.37. The Morgan fingerprint density at radius 1 is 1.42 bits per heavy atom. The van der Waals surface area contributed by atoms with Crippen molar-refractivity contribution < 1.29 is 14.3 Å². The van der Waals surface area contributed by atoms with E-state index in [0.29, 0.717) is 19.1 Å². The molecule has 1 aliphatic carbocycles. The first kappa shape index (κ1) is 14.3. The minimum Gasteiger partial charge on any atom is -0.383 e. The van der Waals surface area contributed by atoms with Crippen LogP contribution in [0.5, 0.6) is 0 Å². The van der Waals surface area contributed by atoms with Crippen LogP contribution < -0.4 is 5.32 Å². The van der Waals surface area contributed by atoms with Crippen LogP contribution >= 0.6 is 0 Å². The van der Waals surface area contributed by atoms with Gasteiger partial charge in [-0.1, -0.05) is 20.3 Å². The Kier molecular flexibility index (Phi) is 4.45. The minimum absolute atomic E-state index is 0.0171. The van der Waals surface area contributed by atoms with Gasteiger partial charge in [0.15, 0.2) is 0 Å².